The quantitative estimate of drug-likeness (QED) is 0.785. The molecule has 1 unspecified atom stereocenters. The van der Waals surface area contributed by atoms with Crippen LogP contribution in [0.3, 0.4) is 0 Å². The second-order valence-corrected chi connectivity index (χ2v) is 6.84. The number of aromatic nitrogens is 1. The van der Waals surface area contributed by atoms with Crippen molar-refractivity contribution in [1.82, 2.24) is 4.98 Å². The highest BCUT2D eigenvalue weighted by molar-refractivity contribution is 7.25. The van der Waals surface area contributed by atoms with Gasteiger partial charge in [-0.15, -0.1) is 11.3 Å². The number of nitrogens with zero attached hydrogens (tertiary/aromatic N) is 2. The fourth-order valence-electron chi connectivity index (χ4n) is 1.88. The summed E-state index contributed by atoms with van der Waals surface area (Å²) in [6.45, 7) is 0.131. The van der Waals surface area contributed by atoms with Gasteiger partial charge in [-0.1, -0.05) is 0 Å². The van der Waals surface area contributed by atoms with Crippen LogP contribution >= 0.6 is 11.3 Å². The van der Waals surface area contributed by atoms with Crippen LogP contribution < -0.4 is 9.68 Å². The van der Waals surface area contributed by atoms with Crippen LogP contribution in [-0.4, -0.2) is 35.8 Å². The van der Waals surface area contributed by atoms with Gasteiger partial charge in [0.15, 0.2) is 5.13 Å². The third-order valence-corrected chi connectivity index (χ3v) is 4.83. The first kappa shape index (κ1) is 6.50. The number of piperidine rings is 1. The molecule has 0 spiro atoms. The Labute approximate surface area is 148 Å². The van der Waals surface area contributed by atoms with E-state index in [0.29, 0.717) is 11.3 Å². The summed E-state index contributed by atoms with van der Waals surface area (Å²) < 4.78 is 110. The Kier molecular flexibility index (Phi) is 1.62. The minimum Gasteiger partial charge on any atom is -0.399 e. The molecule has 2 saturated heterocycles. The zero-order chi connectivity index (χ0) is 25.8. The topological polar surface area (TPSA) is 34.6 Å². The van der Waals surface area contributed by atoms with Crippen LogP contribution in [0.2, 0.25) is 0 Å². The molecule has 1 aromatic rings. The Hall–Kier alpha value is -0.585. The molecule has 3 rings (SSSR count). The molecule has 4 nitrogen and oxygen atoms in total. The molecule has 6 heteroatoms. The number of rotatable bonds is 2. The van der Waals surface area contributed by atoms with Crippen LogP contribution in [-0.2, 0) is 9.31 Å². The van der Waals surface area contributed by atoms with Gasteiger partial charge in [-0.05, 0) is 53.7 Å². The first-order chi connectivity index (χ1) is 14.4. The van der Waals surface area contributed by atoms with Gasteiger partial charge in [0.05, 0.1) is 17.3 Å². The lowest BCUT2D eigenvalue weighted by atomic mass is 9.89. The molecule has 0 N–H and O–H groups in total. The SMILES string of the molecule is [2H]C([2H])([2H])C1([2H])N(c2ncc(B3OC(C)(C)C(C)(C)O3)s2)C([2H])([2H])C([2H])([2H])C([2H])([2H])C1([2H])[2H]. The third kappa shape index (κ3) is 2.73. The van der Waals surface area contributed by atoms with Gasteiger partial charge >= 0.3 is 7.12 Å². The Bertz CT molecular complexity index is 934. The molecule has 2 aliphatic rings. The summed E-state index contributed by atoms with van der Waals surface area (Å²) >= 11 is 0.659. The molecule has 21 heavy (non-hydrogen) atoms. The van der Waals surface area contributed by atoms with E-state index >= 15 is 0 Å². The van der Waals surface area contributed by atoms with Gasteiger partial charge in [0.2, 0.25) is 0 Å². The predicted octanol–water partition coefficient (Wildman–Crippen LogP) is 2.82. The fraction of sp³-hybridized carbons (Fsp3) is 0.800. The lowest BCUT2D eigenvalue weighted by molar-refractivity contribution is 0.00578. The Morgan fingerprint density at radius 3 is 2.81 bits per heavy atom. The van der Waals surface area contributed by atoms with E-state index in [0.717, 1.165) is 0 Å². The maximum atomic E-state index is 8.65. The number of thiazole rings is 1. The Morgan fingerprint density at radius 2 is 2.14 bits per heavy atom. The van der Waals surface area contributed by atoms with Crippen molar-refractivity contribution in [2.45, 2.75) is 70.9 Å². The molecule has 2 aliphatic heterocycles. The summed E-state index contributed by atoms with van der Waals surface area (Å²) in [6, 6.07) is -3.57. The van der Waals surface area contributed by atoms with E-state index in [1.54, 1.807) is 27.7 Å². The van der Waals surface area contributed by atoms with Gasteiger partial charge in [0.1, 0.15) is 0 Å². The summed E-state index contributed by atoms with van der Waals surface area (Å²) in [5.41, 5.74) is -1.46. The summed E-state index contributed by atoms with van der Waals surface area (Å²) in [5, 5.41) is -0.515. The van der Waals surface area contributed by atoms with Gasteiger partial charge < -0.3 is 14.2 Å². The average Bonchev–Trinajstić information content (AvgIpc) is 3.14. The minimum absolute atomic E-state index is 0.105. The lowest BCUT2D eigenvalue weighted by Crippen LogP contribution is -2.41. The van der Waals surface area contributed by atoms with E-state index in [2.05, 4.69) is 4.98 Å². The Morgan fingerprint density at radius 1 is 1.43 bits per heavy atom. The van der Waals surface area contributed by atoms with Gasteiger partial charge in [0, 0.05) is 33.8 Å². The first-order valence-corrected chi connectivity index (χ1v) is 7.33. The van der Waals surface area contributed by atoms with E-state index in [1.807, 2.05) is 0 Å². The first-order valence-electron chi connectivity index (χ1n) is 12.5. The molecule has 3 heterocycles. The van der Waals surface area contributed by atoms with Crippen molar-refractivity contribution < 1.29 is 25.8 Å². The monoisotopic (exact) mass is 320 g/mol. The van der Waals surface area contributed by atoms with E-state index in [4.69, 9.17) is 25.8 Å². The van der Waals surface area contributed by atoms with E-state index in [1.165, 1.54) is 6.20 Å². The number of hydrogen-bond acceptors (Lipinski definition) is 5. The van der Waals surface area contributed by atoms with Crippen LogP contribution in [0.25, 0.3) is 0 Å². The standard InChI is InChI=1S/C15H25BN2O2S/c1-11-8-6-7-9-18(11)13-17-10-12(21-13)16-19-14(2,3)15(4,5)20-16/h10-11H,6-9H2,1-5H3/i1D3,6D2,7D2,8D2,9D2,11D. The van der Waals surface area contributed by atoms with Crippen molar-refractivity contribution in [3.8, 4) is 0 Å². The normalized spacial score (nSPS) is 50.3. The molecule has 116 valence electrons. The molecule has 0 radical (unpaired) electrons. The van der Waals surface area contributed by atoms with Crippen LogP contribution in [0.1, 0.15) is 70.1 Å². The second-order valence-electron chi connectivity index (χ2n) is 5.80. The summed E-state index contributed by atoms with van der Waals surface area (Å²) in [5.74, 6) is 0. The lowest BCUT2D eigenvalue weighted by Gasteiger charge is -2.33. The number of anilines is 1. The Balaban J connectivity index is 2.21. The molecule has 2 fully saturated rings. The predicted molar refractivity (Wildman–Crippen MR) is 88.5 cm³/mol. The molecular formula is C15H25BN2O2S. The summed E-state index contributed by atoms with van der Waals surface area (Å²) in [7, 11) is -0.968. The molecular weight excluding hydrogens is 283 g/mol. The molecule has 1 aromatic heterocycles. The summed E-state index contributed by atoms with van der Waals surface area (Å²) in [6.07, 6.45) is -9.72. The molecule has 0 aromatic carbocycles. The van der Waals surface area contributed by atoms with Crippen LogP contribution in [0.4, 0.5) is 5.13 Å². The molecule has 0 saturated carbocycles. The molecule has 0 aliphatic carbocycles. The minimum atomic E-state index is -3.68. The van der Waals surface area contributed by atoms with Crippen molar-refractivity contribution in [3.05, 3.63) is 6.20 Å². The largest absolute Gasteiger partial charge is 0.507 e. The van der Waals surface area contributed by atoms with Crippen molar-refractivity contribution in [1.29, 1.82) is 0 Å². The van der Waals surface area contributed by atoms with Crippen molar-refractivity contribution >= 4 is 28.4 Å². The fourth-order valence-corrected chi connectivity index (χ4v) is 2.72. The van der Waals surface area contributed by atoms with Crippen LogP contribution in [0.15, 0.2) is 6.20 Å². The maximum Gasteiger partial charge on any atom is 0.507 e. The van der Waals surface area contributed by atoms with Crippen molar-refractivity contribution in [2.24, 2.45) is 0 Å². The highest BCUT2D eigenvalue weighted by atomic mass is 32.1. The van der Waals surface area contributed by atoms with Crippen molar-refractivity contribution in [2.75, 3.05) is 11.4 Å². The van der Waals surface area contributed by atoms with Gasteiger partial charge in [0.25, 0.3) is 0 Å². The van der Waals surface area contributed by atoms with E-state index in [9.17, 15) is 0 Å². The van der Waals surface area contributed by atoms with E-state index in [-0.39, 0.29) is 9.68 Å². The average molecular weight is 320 g/mol. The van der Waals surface area contributed by atoms with Crippen LogP contribution in [0.5, 0.6) is 0 Å². The van der Waals surface area contributed by atoms with Crippen molar-refractivity contribution in [3.63, 3.8) is 0 Å². The maximum absolute atomic E-state index is 8.65. The third-order valence-electron chi connectivity index (χ3n) is 3.82. The second kappa shape index (κ2) is 5.25. The highest BCUT2D eigenvalue weighted by Gasteiger charge is 2.52. The number of hydrogen-bond donors (Lipinski definition) is 0. The van der Waals surface area contributed by atoms with Gasteiger partial charge in [-0.2, -0.15) is 0 Å². The van der Waals surface area contributed by atoms with Gasteiger partial charge in [-0.25, -0.2) is 4.98 Å². The van der Waals surface area contributed by atoms with E-state index < -0.39 is 61.9 Å². The highest BCUT2D eigenvalue weighted by Crippen LogP contribution is 2.37. The molecule has 0 bridgehead atoms. The molecule has 1 atom stereocenters. The zero-order valence-corrected chi connectivity index (χ0v) is 13.1. The van der Waals surface area contributed by atoms with Crippen LogP contribution in [0, 0.1) is 0 Å². The smallest absolute Gasteiger partial charge is 0.399 e. The van der Waals surface area contributed by atoms with Gasteiger partial charge in [-0.3, -0.25) is 0 Å². The molecule has 0 amide bonds. The zero-order valence-electron chi connectivity index (χ0n) is 24.3. The summed E-state index contributed by atoms with van der Waals surface area (Å²) in [4.78, 5) is 4.09.